The molecule has 0 aromatic heterocycles. The Morgan fingerprint density at radius 1 is 0.426 bits per heavy atom. The molecule has 0 aromatic carbocycles. The van der Waals surface area contributed by atoms with Gasteiger partial charge in [0, 0.05) is 12.8 Å². The van der Waals surface area contributed by atoms with E-state index in [0.717, 1.165) is 44.9 Å². The van der Waals surface area contributed by atoms with Crippen molar-refractivity contribution in [1.82, 2.24) is 0 Å². The molecule has 0 aliphatic heterocycles. The van der Waals surface area contributed by atoms with Crippen LogP contribution in [0.15, 0.2) is 36.5 Å². The summed E-state index contributed by atoms with van der Waals surface area (Å²) in [5, 5.41) is 9.60. The van der Waals surface area contributed by atoms with Crippen LogP contribution in [0.2, 0.25) is 0 Å². The lowest BCUT2D eigenvalue weighted by Gasteiger charge is -2.15. The summed E-state index contributed by atoms with van der Waals surface area (Å²) in [5.41, 5.74) is 0. The Hall–Kier alpha value is -1.88. The summed E-state index contributed by atoms with van der Waals surface area (Å²) in [4.78, 5) is 24.4. The molecule has 0 radical (unpaired) electrons. The number of unbranched alkanes of at least 4 members (excludes halogenated alkanes) is 29. The third-order valence-electron chi connectivity index (χ3n) is 10.4. The number of carbonyl (C=O) groups excluding carboxylic acids is 2. The van der Waals surface area contributed by atoms with Gasteiger partial charge in [0.2, 0.25) is 0 Å². The topological polar surface area (TPSA) is 72.8 Å². The van der Waals surface area contributed by atoms with E-state index in [1.165, 1.54) is 173 Å². The minimum Gasteiger partial charge on any atom is -0.462 e. The van der Waals surface area contributed by atoms with Crippen molar-refractivity contribution in [3.63, 3.8) is 0 Å². The molecule has 0 spiro atoms. The Balaban J connectivity index is 3.50. The number of ether oxygens (including phenoxy) is 2. The molecule has 54 heavy (non-hydrogen) atoms. The molecule has 1 N–H and O–H groups in total. The molecule has 0 aliphatic carbocycles. The van der Waals surface area contributed by atoms with E-state index in [1.807, 2.05) is 0 Å². The summed E-state index contributed by atoms with van der Waals surface area (Å²) in [7, 11) is 0. The first-order valence-electron chi connectivity index (χ1n) is 23.5. The minimum atomic E-state index is -0.773. The Morgan fingerprint density at radius 3 is 1.15 bits per heavy atom. The van der Waals surface area contributed by atoms with Crippen molar-refractivity contribution in [2.45, 2.75) is 251 Å². The Kier molecular flexibility index (Phi) is 43.9. The number of rotatable bonds is 43. The summed E-state index contributed by atoms with van der Waals surface area (Å²) in [6.07, 6.45) is 56.5. The fourth-order valence-corrected chi connectivity index (χ4v) is 6.82. The van der Waals surface area contributed by atoms with Crippen LogP contribution in [0.3, 0.4) is 0 Å². The van der Waals surface area contributed by atoms with Crippen LogP contribution >= 0.6 is 0 Å². The van der Waals surface area contributed by atoms with Gasteiger partial charge >= 0.3 is 11.9 Å². The van der Waals surface area contributed by atoms with Crippen LogP contribution in [0.25, 0.3) is 0 Å². The standard InChI is InChI=1S/C49H90O5/c1-3-5-7-9-11-13-15-17-19-21-23-24-26-27-29-31-33-35-37-39-41-43-48(51)53-46-47(45-50)54-49(52)44-42-40-38-36-34-32-30-28-25-22-20-18-16-14-12-10-8-6-4-2/h12,14,17-20,47,50H,3-11,13,15-16,21-46H2,1-2H3/b14-12+,19-17+,20-18+/t47-/m0/s1. The maximum atomic E-state index is 12.2. The first-order chi connectivity index (χ1) is 26.6. The number of hydrogen-bond donors (Lipinski definition) is 1. The van der Waals surface area contributed by atoms with Crippen molar-refractivity contribution in [3.05, 3.63) is 36.5 Å². The summed E-state index contributed by atoms with van der Waals surface area (Å²) >= 11 is 0. The van der Waals surface area contributed by atoms with E-state index in [2.05, 4.69) is 50.3 Å². The second kappa shape index (κ2) is 45.5. The van der Waals surface area contributed by atoms with Crippen molar-refractivity contribution in [2.24, 2.45) is 0 Å². The van der Waals surface area contributed by atoms with Gasteiger partial charge in [-0.3, -0.25) is 9.59 Å². The normalized spacial score (nSPS) is 12.4. The van der Waals surface area contributed by atoms with Gasteiger partial charge in [0.05, 0.1) is 6.61 Å². The Morgan fingerprint density at radius 2 is 0.741 bits per heavy atom. The lowest BCUT2D eigenvalue weighted by molar-refractivity contribution is -0.161. The van der Waals surface area contributed by atoms with E-state index in [0.29, 0.717) is 12.8 Å². The number of esters is 2. The molecule has 0 aliphatic rings. The van der Waals surface area contributed by atoms with Crippen LogP contribution < -0.4 is 0 Å². The van der Waals surface area contributed by atoms with Crippen molar-refractivity contribution in [2.75, 3.05) is 13.2 Å². The average molecular weight is 759 g/mol. The second-order valence-corrected chi connectivity index (χ2v) is 15.8. The SMILES string of the molecule is CCCCC/C=C/C/C=C/CCCCCCCCCCCC(=O)O[C@@H](CO)COC(=O)CCCCCCCCCCCCC/C=C/CCCCCCCC. The molecule has 0 amide bonds. The van der Waals surface area contributed by atoms with Crippen molar-refractivity contribution >= 4 is 11.9 Å². The van der Waals surface area contributed by atoms with Gasteiger partial charge in [0.25, 0.3) is 0 Å². The molecule has 0 fully saturated rings. The lowest BCUT2D eigenvalue weighted by Crippen LogP contribution is -2.28. The van der Waals surface area contributed by atoms with Crippen LogP contribution in [0.1, 0.15) is 245 Å². The second-order valence-electron chi connectivity index (χ2n) is 15.8. The number of hydrogen-bond acceptors (Lipinski definition) is 5. The summed E-state index contributed by atoms with van der Waals surface area (Å²) in [6.45, 7) is 4.13. The molecular formula is C49H90O5. The molecule has 316 valence electrons. The minimum absolute atomic E-state index is 0.0656. The lowest BCUT2D eigenvalue weighted by atomic mass is 10.0. The zero-order valence-corrected chi connectivity index (χ0v) is 36.0. The molecule has 0 aromatic rings. The van der Waals surface area contributed by atoms with Gasteiger partial charge in [-0.2, -0.15) is 0 Å². The molecule has 0 saturated carbocycles. The predicted molar refractivity (Wildman–Crippen MR) is 233 cm³/mol. The molecule has 1 atom stereocenters. The zero-order chi connectivity index (χ0) is 39.3. The molecule has 5 nitrogen and oxygen atoms in total. The van der Waals surface area contributed by atoms with Crippen molar-refractivity contribution in [3.8, 4) is 0 Å². The highest BCUT2D eigenvalue weighted by molar-refractivity contribution is 5.70. The number of allylic oxidation sites excluding steroid dienone is 6. The van der Waals surface area contributed by atoms with Gasteiger partial charge in [-0.25, -0.2) is 0 Å². The summed E-state index contributed by atoms with van der Waals surface area (Å²) in [6, 6.07) is 0. The molecular weight excluding hydrogens is 669 g/mol. The largest absolute Gasteiger partial charge is 0.462 e. The molecule has 0 rings (SSSR count). The van der Waals surface area contributed by atoms with Crippen LogP contribution in [0.4, 0.5) is 0 Å². The smallest absolute Gasteiger partial charge is 0.306 e. The van der Waals surface area contributed by atoms with Gasteiger partial charge in [-0.15, -0.1) is 0 Å². The van der Waals surface area contributed by atoms with E-state index in [1.54, 1.807) is 0 Å². The highest BCUT2D eigenvalue weighted by Gasteiger charge is 2.16. The molecule has 0 unspecified atom stereocenters. The van der Waals surface area contributed by atoms with Gasteiger partial charge in [0.15, 0.2) is 6.10 Å². The molecule has 0 saturated heterocycles. The maximum Gasteiger partial charge on any atom is 0.306 e. The predicted octanol–water partition coefficient (Wildman–Crippen LogP) is 15.2. The van der Waals surface area contributed by atoms with Crippen LogP contribution in [0.5, 0.6) is 0 Å². The average Bonchev–Trinajstić information content (AvgIpc) is 3.17. The van der Waals surface area contributed by atoms with Gasteiger partial charge < -0.3 is 14.6 Å². The summed E-state index contributed by atoms with van der Waals surface area (Å²) in [5.74, 6) is -0.588. The van der Waals surface area contributed by atoms with Crippen LogP contribution in [-0.4, -0.2) is 36.4 Å². The maximum absolute atomic E-state index is 12.2. The number of aliphatic hydroxyl groups is 1. The van der Waals surface area contributed by atoms with Crippen molar-refractivity contribution in [1.29, 1.82) is 0 Å². The quantitative estimate of drug-likeness (QED) is 0.0381. The van der Waals surface area contributed by atoms with Gasteiger partial charge in [-0.1, -0.05) is 198 Å². The number of aliphatic hydroxyl groups excluding tert-OH is 1. The highest BCUT2D eigenvalue weighted by atomic mass is 16.6. The van der Waals surface area contributed by atoms with E-state index < -0.39 is 6.10 Å². The monoisotopic (exact) mass is 759 g/mol. The Bertz CT molecular complexity index is 862. The zero-order valence-electron chi connectivity index (χ0n) is 36.0. The van der Waals surface area contributed by atoms with Crippen molar-refractivity contribution < 1.29 is 24.2 Å². The first-order valence-corrected chi connectivity index (χ1v) is 23.5. The molecule has 5 heteroatoms. The fraction of sp³-hybridized carbons (Fsp3) is 0.837. The molecule has 0 heterocycles. The van der Waals surface area contributed by atoms with E-state index in [9.17, 15) is 14.7 Å². The van der Waals surface area contributed by atoms with E-state index in [4.69, 9.17) is 9.47 Å². The fourth-order valence-electron chi connectivity index (χ4n) is 6.82. The molecule has 0 bridgehead atoms. The summed E-state index contributed by atoms with van der Waals surface area (Å²) < 4.78 is 10.7. The van der Waals surface area contributed by atoms with E-state index >= 15 is 0 Å². The van der Waals surface area contributed by atoms with Crippen LogP contribution in [-0.2, 0) is 19.1 Å². The third kappa shape index (κ3) is 42.9. The number of carbonyl (C=O) groups is 2. The van der Waals surface area contributed by atoms with E-state index in [-0.39, 0.29) is 25.2 Å². The first kappa shape index (κ1) is 52.1. The third-order valence-corrected chi connectivity index (χ3v) is 10.4. The Labute approximate surface area is 336 Å². The highest BCUT2D eigenvalue weighted by Crippen LogP contribution is 2.15. The van der Waals surface area contributed by atoms with Gasteiger partial charge in [-0.05, 0) is 70.6 Å². The van der Waals surface area contributed by atoms with Gasteiger partial charge in [0.1, 0.15) is 6.61 Å². The van der Waals surface area contributed by atoms with Crippen LogP contribution in [0, 0.1) is 0 Å².